The Morgan fingerprint density at radius 1 is 0.704 bits per heavy atom. The zero-order valence-electron chi connectivity index (χ0n) is 17.9. The van der Waals surface area contributed by atoms with E-state index in [2.05, 4.69) is 20.8 Å². The average Bonchev–Trinajstić information content (AvgIpc) is 2.62. The normalized spacial score (nSPS) is 11.4. The van der Waals surface area contributed by atoms with Gasteiger partial charge in [-0.2, -0.15) is 0 Å². The lowest BCUT2D eigenvalue weighted by atomic mass is 10.0. The average molecular weight is 395 g/mol. The number of rotatable bonds is 16. The number of thioether (sulfide) groups is 1. The Morgan fingerprint density at radius 2 is 1.11 bits per heavy atom. The number of hydrogen-bond donors (Lipinski definition) is 2. The summed E-state index contributed by atoms with van der Waals surface area (Å²) in [7, 11) is 0. The first-order valence-corrected chi connectivity index (χ1v) is 12.1. The SMILES string of the molecule is CCCCCCCCCCCCCCCc1cc(O)c(SC(C)C)c(O)c1. The Morgan fingerprint density at radius 3 is 1.52 bits per heavy atom. The van der Waals surface area contributed by atoms with E-state index in [0.717, 1.165) is 18.4 Å². The van der Waals surface area contributed by atoms with Crippen LogP contribution in [0.5, 0.6) is 11.5 Å². The summed E-state index contributed by atoms with van der Waals surface area (Å²) in [5.74, 6) is 0.441. The first kappa shape index (κ1) is 24.2. The molecule has 0 aliphatic rings. The number of aryl methyl sites for hydroxylation is 1. The third kappa shape index (κ3) is 11.6. The molecular formula is C24H42O2S. The van der Waals surface area contributed by atoms with Gasteiger partial charge in [0, 0.05) is 5.25 Å². The minimum Gasteiger partial charge on any atom is -0.507 e. The van der Waals surface area contributed by atoms with Gasteiger partial charge in [0.05, 0.1) is 4.90 Å². The molecule has 0 saturated carbocycles. The van der Waals surface area contributed by atoms with Gasteiger partial charge in [0.1, 0.15) is 11.5 Å². The van der Waals surface area contributed by atoms with Crippen molar-refractivity contribution in [3.05, 3.63) is 17.7 Å². The predicted octanol–water partition coefficient (Wildman–Crippen LogP) is 8.23. The van der Waals surface area contributed by atoms with E-state index in [4.69, 9.17) is 0 Å². The Bertz CT molecular complexity index is 476. The summed E-state index contributed by atoms with van der Waals surface area (Å²) in [5, 5.41) is 20.6. The molecule has 0 spiro atoms. The summed E-state index contributed by atoms with van der Waals surface area (Å²) in [6.07, 6.45) is 18.6. The highest BCUT2D eigenvalue weighted by Crippen LogP contribution is 2.39. The first-order chi connectivity index (χ1) is 13.0. The minimum absolute atomic E-state index is 0.221. The third-order valence-electron chi connectivity index (χ3n) is 5.03. The summed E-state index contributed by atoms with van der Waals surface area (Å²) >= 11 is 1.51. The zero-order valence-corrected chi connectivity index (χ0v) is 18.8. The summed E-state index contributed by atoms with van der Waals surface area (Å²) < 4.78 is 0. The van der Waals surface area contributed by atoms with E-state index in [9.17, 15) is 10.2 Å². The number of benzene rings is 1. The van der Waals surface area contributed by atoms with Gasteiger partial charge in [-0.3, -0.25) is 0 Å². The molecule has 2 nitrogen and oxygen atoms in total. The lowest BCUT2D eigenvalue weighted by Crippen LogP contribution is -1.91. The molecule has 0 fully saturated rings. The van der Waals surface area contributed by atoms with Gasteiger partial charge >= 0.3 is 0 Å². The van der Waals surface area contributed by atoms with Gasteiger partial charge in [0.2, 0.25) is 0 Å². The quantitative estimate of drug-likeness (QED) is 0.219. The molecule has 0 saturated heterocycles. The molecule has 0 unspecified atom stereocenters. The number of phenols is 2. The number of aromatic hydroxyl groups is 2. The smallest absolute Gasteiger partial charge is 0.133 e. The van der Waals surface area contributed by atoms with Crippen molar-refractivity contribution in [1.82, 2.24) is 0 Å². The van der Waals surface area contributed by atoms with Crippen LogP contribution in [0.3, 0.4) is 0 Å². The lowest BCUT2D eigenvalue weighted by Gasteiger charge is -2.11. The lowest BCUT2D eigenvalue weighted by molar-refractivity contribution is 0.426. The van der Waals surface area contributed by atoms with Crippen molar-refractivity contribution < 1.29 is 10.2 Å². The topological polar surface area (TPSA) is 40.5 Å². The fraction of sp³-hybridized carbons (Fsp3) is 0.750. The fourth-order valence-corrected chi connectivity index (χ4v) is 4.33. The van der Waals surface area contributed by atoms with E-state index >= 15 is 0 Å². The van der Waals surface area contributed by atoms with Crippen molar-refractivity contribution in [2.75, 3.05) is 0 Å². The van der Waals surface area contributed by atoms with Crippen LogP contribution in [0.1, 0.15) is 110 Å². The van der Waals surface area contributed by atoms with E-state index in [1.807, 2.05) is 12.1 Å². The molecule has 0 aromatic heterocycles. The van der Waals surface area contributed by atoms with Gasteiger partial charge in [-0.15, -0.1) is 11.8 Å². The molecule has 0 heterocycles. The second kappa shape index (κ2) is 15.1. The second-order valence-corrected chi connectivity index (χ2v) is 9.71. The molecule has 3 heteroatoms. The molecule has 0 radical (unpaired) electrons. The van der Waals surface area contributed by atoms with Crippen molar-refractivity contribution in [3.8, 4) is 11.5 Å². The van der Waals surface area contributed by atoms with E-state index in [1.54, 1.807) is 0 Å². The highest BCUT2D eigenvalue weighted by atomic mass is 32.2. The highest BCUT2D eigenvalue weighted by molar-refractivity contribution is 8.00. The summed E-state index contributed by atoms with van der Waals surface area (Å²) in [5.41, 5.74) is 1.04. The van der Waals surface area contributed by atoms with Crippen LogP contribution in [0.4, 0.5) is 0 Å². The van der Waals surface area contributed by atoms with Gasteiger partial charge in [-0.25, -0.2) is 0 Å². The third-order valence-corrected chi connectivity index (χ3v) is 6.16. The standard InChI is InChI=1S/C24H42O2S/c1-4-5-6-7-8-9-10-11-12-13-14-15-16-17-21-18-22(25)24(23(26)19-21)27-20(2)3/h18-20,25-26H,4-17H2,1-3H3. The Hall–Kier alpha value is -0.830. The predicted molar refractivity (Wildman–Crippen MR) is 120 cm³/mol. The largest absolute Gasteiger partial charge is 0.507 e. The summed E-state index contributed by atoms with van der Waals surface area (Å²) in [6.45, 7) is 6.40. The Balaban J connectivity index is 2.05. The minimum atomic E-state index is 0.221. The molecule has 2 N–H and O–H groups in total. The van der Waals surface area contributed by atoms with Crippen molar-refractivity contribution in [2.24, 2.45) is 0 Å². The summed E-state index contributed by atoms with van der Waals surface area (Å²) in [4.78, 5) is 0.610. The molecule has 0 atom stereocenters. The van der Waals surface area contributed by atoms with Crippen LogP contribution in [0, 0.1) is 0 Å². The van der Waals surface area contributed by atoms with E-state index in [0.29, 0.717) is 10.1 Å². The molecule has 0 bridgehead atoms. The molecule has 0 amide bonds. The van der Waals surface area contributed by atoms with Gasteiger partial charge in [-0.05, 0) is 30.5 Å². The number of unbranched alkanes of at least 4 members (excludes halogenated alkanes) is 12. The van der Waals surface area contributed by atoms with Gasteiger partial charge < -0.3 is 10.2 Å². The molecule has 0 aliphatic heterocycles. The maximum atomic E-state index is 10.1. The van der Waals surface area contributed by atoms with Crippen LogP contribution in [0.15, 0.2) is 17.0 Å². The van der Waals surface area contributed by atoms with Crippen molar-refractivity contribution >= 4 is 11.8 Å². The van der Waals surface area contributed by atoms with Crippen LogP contribution in [-0.4, -0.2) is 15.5 Å². The second-order valence-electron chi connectivity index (χ2n) is 8.12. The van der Waals surface area contributed by atoms with Crippen LogP contribution < -0.4 is 0 Å². The zero-order chi connectivity index (χ0) is 19.9. The highest BCUT2D eigenvalue weighted by Gasteiger charge is 2.12. The molecule has 1 aromatic rings. The molecular weight excluding hydrogens is 352 g/mol. The molecule has 0 aliphatic carbocycles. The first-order valence-electron chi connectivity index (χ1n) is 11.3. The van der Waals surface area contributed by atoms with E-state index in [1.165, 1.54) is 88.8 Å². The fourth-order valence-electron chi connectivity index (χ4n) is 3.50. The van der Waals surface area contributed by atoms with Gasteiger partial charge in [0.25, 0.3) is 0 Å². The van der Waals surface area contributed by atoms with Crippen LogP contribution in [0.25, 0.3) is 0 Å². The maximum Gasteiger partial charge on any atom is 0.133 e. The maximum absolute atomic E-state index is 10.1. The van der Waals surface area contributed by atoms with E-state index in [-0.39, 0.29) is 11.5 Å². The number of hydrogen-bond acceptors (Lipinski definition) is 3. The van der Waals surface area contributed by atoms with Crippen LogP contribution in [-0.2, 0) is 6.42 Å². The van der Waals surface area contributed by atoms with Crippen molar-refractivity contribution in [3.63, 3.8) is 0 Å². The van der Waals surface area contributed by atoms with Gasteiger partial charge in [0.15, 0.2) is 0 Å². The Labute approximate surface area is 172 Å². The molecule has 1 aromatic carbocycles. The van der Waals surface area contributed by atoms with Crippen LogP contribution >= 0.6 is 11.8 Å². The Kier molecular flexibility index (Phi) is 13.6. The molecule has 1 rings (SSSR count). The van der Waals surface area contributed by atoms with Crippen LogP contribution in [0.2, 0.25) is 0 Å². The molecule has 27 heavy (non-hydrogen) atoms. The number of phenolic OH excluding ortho intramolecular Hbond substituents is 2. The summed E-state index contributed by atoms with van der Waals surface area (Å²) in [6, 6.07) is 3.65. The van der Waals surface area contributed by atoms with E-state index < -0.39 is 0 Å². The monoisotopic (exact) mass is 394 g/mol. The van der Waals surface area contributed by atoms with Crippen molar-refractivity contribution in [2.45, 2.75) is 121 Å². The van der Waals surface area contributed by atoms with Gasteiger partial charge in [-0.1, -0.05) is 97.8 Å². The molecule has 156 valence electrons. The van der Waals surface area contributed by atoms with Crippen molar-refractivity contribution in [1.29, 1.82) is 0 Å².